The summed E-state index contributed by atoms with van der Waals surface area (Å²) in [6.45, 7) is 2.82. The van der Waals surface area contributed by atoms with Gasteiger partial charge in [-0.25, -0.2) is 0 Å². The Morgan fingerprint density at radius 2 is 1.78 bits per heavy atom. The minimum Gasteiger partial charge on any atom is -0.505 e. The molecule has 2 N–H and O–H groups in total. The highest BCUT2D eigenvalue weighted by atomic mass is 35.5. The van der Waals surface area contributed by atoms with E-state index in [0.29, 0.717) is 22.3 Å². The molecule has 0 atom stereocenters. The molecule has 0 spiro atoms. The van der Waals surface area contributed by atoms with E-state index in [9.17, 15) is 5.11 Å². The molecule has 0 unspecified atom stereocenters. The molecule has 4 rings (SSSR count). The number of likely N-dealkylation sites (tertiary alicyclic amines) is 1. The van der Waals surface area contributed by atoms with Crippen LogP contribution >= 0.6 is 23.2 Å². The standard InChI is InChI=1S/C21H21Cl2N3O/c22-15-4-5-17-18(6-7-24-19(17)11-15)25-20-12-16(23)10-14(21(20)27)13-26-8-2-1-3-9-26/h4-7,10-12,27H,1-3,8-9,13H2,(H,24,25). The Morgan fingerprint density at radius 3 is 2.59 bits per heavy atom. The van der Waals surface area contributed by atoms with Gasteiger partial charge in [0, 0.05) is 39.4 Å². The molecule has 4 nitrogen and oxygen atoms in total. The quantitative estimate of drug-likeness (QED) is 0.528. The number of pyridine rings is 1. The van der Waals surface area contributed by atoms with Crippen LogP contribution in [0.25, 0.3) is 10.9 Å². The lowest BCUT2D eigenvalue weighted by Gasteiger charge is -2.27. The lowest BCUT2D eigenvalue weighted by atomic mass is 10.1. The van der Waals surface area contributed by atoms with Gasteiger partial charge >= 0.3 is 0 Å². The van der Waals surface area contributed by atoms with Gasteiger partial charge in [0.15, 0.2) is 0 Å². The van der Waals surface area contributed by atoms with Crippen molar-refractivity contribution in [1.29, 1.82) is 0 Å². The third-order valence-electron chi connectivity index (χ3n) is 4.97. The summed E-state index contributed by atoms with van der Waals surface area (Å²) in [5.41, 5.74) is 3.07. The number of rotatable bonds is 4. The summed E-state index contributed by atoms with van der Waals surface area (Å²) in [4.78, 5) is 6.72. The second-order valence-corrected chi connectivity index (χ2v) is 7.82. The van der Waals surface area contributed by atoms with Crippen LogP contribution in [-0.4, -0.2) is 28.1 Å². The van der Waals surface area contributed by atoms with E-state index in [0.717, 1.165) is 35.2 Å². The minimum atomic E-state index is 0.240. The van der Waals surface area contributed by atoms with E-state index < -0.39 is 0 Å². The van der Waals surface area contributed by atoms with E-state index in [1.807, 2.05) is 30.3 Å². The number of phenolic OH excluding ortho intramolecular Hbond substituents is 1. The van der Waals surface area contributed by atoms with Crippen molar-refractivity contribution in [3.8, 4) is 5.75 Å². The van der Waals surface area contributed by atoms with Crippen LogP contribution in [0.3, 0.4) is 0 Å². The SMILES string of the molecule is Oc1c(CN2CCCCC2)cc(Cl)cc1Nc1ccnc2cc(Cl)ccc12. The smallest absolute Gasteiger partial charge is 0.143 e. The van der Waals surface area contributed by atoms with Gasteiger partial charge in [-0.3, -0.25) is 9.88 Å². The number of nitrogens with one attached hydrogen (secondary N) is 1. The number of halogens is 2. The van der Waals surface area contributed by atoms with Crippen molar-refractivity contribution in [3.63, 3.8) is 0 Å². The molecule has 6 heteroatoms. The maximum Gasteiger partial charge on any atom is 0.143 e. The normalized spacial score (nSPS) is 15.2. The summed E-state index contributed by atoms with van der Waals surface area (Å²) in [7, 11) is 0. The van der Waals surface area contributed by atoms with Gasteiger partial charge < -0.3 is 10.4 Å². The van der Waals surface area contributed by atoms with Gasteiger partial charge in [0.1, 0.15) is 5.75 Å². The number of hydrogen-bond donors (Lipinski definition) is 2. The zero-order chi connectivity index (χ0) is 18.8. The highest BCUT2D eigenvalue weighted by Gasteiger charge is 2.16. The molecular formula is C21H21Cl2N3O. The maximum atomic E-state index is 10.8. The predicted octanol–water partition coefficient (Wildman–Crippen LogP) is 5.98. The van der Waals surface area contributed by atoms with Crippen LogP contribution in [0.5, 0.6) is 5.75 Å². The van der Waals surface area contributed by atoms with Crippen LogP contribution in [0.15, 0.2) is 42.6 Å². The molecule has 2 heterocycles. The van der Waals surface area contributed by atoms with Crippen molar-refractivity contribution in [2.24, 2.45) is 0 Å². The Morgan fingerprint density at radius 1 is 0.963 bits per heavy atom. The highest BCUT2D eigenvalue weighted by molar-refractivity contribution is 6.31. The summed E-state index contributed by atoms with van der Waals surface area (Å²) in [5.74, 6) is 0.240. The molecule has 0 bridgehead atoms. The summed E-state index contributed by atoms with van der Waals surface area (Å²) < 4.78 is 0. The van der Waals surface area contributed by atoms with Crippen LogP contribution in [0.2, 0.25) is 10.0 Å². The first-order valence-corrected chi connectivity index (χ1v) is 9.91. The zero-order valence-electron chi connectivity index (χ0n) is 14.9. The molecule has 3 aromatic rings. The van der Waals surface area contributed by atoms with E-state index in [4.69, 9.17) is 23.2 Å². The van der Waals surface area contributed by atoms with Crippen molar-refractivity contribution in [2.75, 3.05) is 18.4 Å². The minimum absolute atomic E-state index is 0.240. The van der Waals surface area contributed by atoms with Crippen molar-refractivity contribution in [1.82, 2.24) is 9.88 Å². The fourth-order valence-electron chi connectivity index (χ4n) is 3.61. The first-order valence-electron chi connectivity index (χ1n) is 9.15. The van der Waals surface area contributed by atoms with E-state index in [2.05, 4.69) is 15.2 Å². The van der Waals surface area contributed by atoms with Gasteiger partial charge in [0.25, 0.3) is 0 Å². The third kappa shape index (κ3) is 4.13. The highest BCUT2D eigenvalue weighted by Crippen LogP contribution is 2.36. The average Bonchev–Trinajstić information content (AvgIpc) is 2.66. The zero-order valence-corrected chi connectivity index (χ0v) is 16.4. The van der Waals surface area contributed by atoms with E-state index in [-0.39, 0.29) is 5.75 Å². The maximum absolute atomic E-state index is 10.8. The van der Waals surface area contributed by atoms with Crippen LogP contribution in [0.4, 0.5) is 11.4 Å². The molecule has 1 saturated heterocycles. The Kier molecular flexibility index (Phi) is 5.39. The fourth-order valence-corrected chi connectivity index (χ4v) is 4.01. The first-order chi connectivity index (χ1) is 13.1. The Bertz CT molecular complexity index is 971. The molecule has 0 saturated carbocycles. The number of fused-ring (bicyclic) bond motifs is 1. The number of anilines is 2. The lowest BCUT2D eigenvalue weighted by molar-refractivity contribution is 0.218. The van der Waals surface area contributed by atoms with Crippen LogP contribution in [0, 0.1) is 0 Å². The summed E-state index contributed by atoms with van der Waals surface area (Å²) in [5, 5.41) is 16.3. The van der Waals surface area contributed by atoms with Gasteiger partial charge in [-0.1, -0.05) is 29.6 Å². The monoisotopic (exact) mass is 401 g/mol. The number of phenols is 1. The van der Waals surface area contributed by atoms with Gasteiger partial charge in [-0.05, 0) is 62.3 Å². The van der Waals surface area contributed by atoms with Crippen molar-refractivity contribution < 1.29 is 5.11 Å². The Hall–Kier alpha value is -2.01. The average molecular weight is 402 g/mol. The molecule has 1 aromatic heterocycles. The van der Waals surface area contributed by atoms with Crippen LogP contribution in [0.1, 0.15) is 24.8 Å². The summed E-state index contributed by atoms with van der Waals surface area (Å²) >= 11 is 12.4. The second kappa shape index (κ2) is 7.93. The molecule has 1 aliphatic heterocycles. The van der Waals surface area contributed by atoms with E-state index in [1.165, 1.54) is 19.3 Å². The Labute approximate surface area is 168 Å². The van der Waals surface area contributed by atoms with Gasteiger partial charge in [0.2, 0.25) is 0 Å². The molecule has 140 valence electrons. The molecule has 2 aromatic carbocycles. The number of aromatic hydroxyl groups is 1. The summed E-state index contributed by atoms with van der Waals surface area (Å²) in [6, 6.07) is 11.0. The molecule has 0 amide bonds. The van der Waals surface area contributed by atoms with Crippen molar-refractivity contribution >= 4 is 45.5 Å². The fraction of sp³-hybridized carbons (Fsp3) is 0.286. The predicted molar refractivity (Wildman–Crippen MR) is 112 cm³/mol. The summed E-state index contributed by atoms with van der Waals surface area (Å²) in [6.07, 6.45) is 5.41. The molecule has 1 fully saturated rings. The second-order valence-electron chi connectivity index (χ2n) is 6.94. The molecule has 0 aliphatic carbocycles. The molecule has 1 aliphatic rings. The number of benzene rings is 2. The number of piperidine rings is 1. The topological polar surface area (TPSA) is 48.4 Å². The number of aromatic nitrogens is 1. The molecule has 0 radical (unpaired) electrons. The first kappa shape index (κ1) is 18.4. The van der Waals surface area contributed by atoms with Crippen LogP contribution < -0.4 is 5.32 Å². The molecule has 27 heavy (non-hydrogen) atoms. The Balaban J connectivity index is 1.66. The number of hydrogen-bond acceptors (Lipinski definition) is 4. The lowest BCUT2D eigenvalue weighted by Crippen LogP contribution is -2.29. The van der Waals surface area contributed by atoms with E-state index >= 15 is 0 Å². The number of nitrogens with zero attached hydrogens (tertiary/aromatic N) is 2. The molecular weight excluding hydrogens is 381 g/mol. The largest absolute Gasteiger partial charge is 0.505 e. The van der Waals surface area contributed by atoms with Gasteiger partial charge in [0.05, 0.1) is 11.2 Å². The van der Waals surface area contributed by atoms with Crippen molar-refractivity contribution in [2.45, 2.75) is 25.8 Å². The van der Waals surface area contributed by atoms with Crippen LogP contribution in [-0.2, 0) is 6.54 Å². The third-order valence-corrected chi connectivity index (χ3v) is 5.42. The van der Waals surface area contributed by atoms with Gasteiger partial charge in [-0.15, -0.1) is 0 Å². The van der Waals surface area contributed by atoms with E-state index in [1.54, 1.807) is 12.3 Å². The van der Waals surface area contributed by atoms with Crippen molar-refractivity contribution in [3.05, 3.63) is 58.2 Å². The van der Waals surface area contributed by atoms with Gasteiger partial charge in [-0.2, -0.15) is 0 Å².